The van der Waals surface area contributed by atoms with Crippen molar-refractivity contribution in [2.45, 2.75) is 95.3 Å². The number of hydrogen-bond donors (Lipinski definition) is 2. The summed E-state index contributed by atoms with van der Waals surface area (Å²) in [6, 6.07) is 3.50. The topological polar surface area (TPSA) is 128 Å². The summed E-state index contributed by atoms with van der Waals surface area (Å²) in [6.45, 7) is 3.61. The first-order valence-electron chi connectivity index (χ1n) is 17.6. The normalized spacial score (nSPS) is 21.9. The van der Waals surface area contributed by atoms with Gasteiger partial charge in [0.15, 0.2) is 5.75 Å². The van der Waals surface area contributed by atoms with Gasteiger partial charge < -0.3 is 20.3 Å². The van der Waals surface area contributed by atoms with Crippen molar-refractivity contribution in [3.8, 4) is 5.75 Å². The molecule has 0 bridgehead atoms. The fraction of sp³-hybridized carbons (Fsp3) is 0.514. The summed E-state index contributed by atoms with van der Waals surface area (Å²) in [5, 5.41) is 10.1. The molecule has 1 amide bonds. The molecule has 1 saturated carbocycles. The number of carboxylic acid groups (broad SMARTS) is 1. The molecular formula is C37H39F9N4O5. The molecule has 2 atom stereocenters. The van der Waals surface area contributed by atoms with Crippen LogP contribution in [0.5, 0.6) is 5.75 Å². The highest BCUT2D eigenvalue weighted by Crippen LogP contribution is 2.47. The molecule has 2 heterocycles. The van der Waals surface area contributed by atoms with Crippen LogP contribution in [0.15, 0.2) is 42.6 Å². The van der Waals surface area contributed by atoms with Gasteiger partial charge in [-0.25, -0.2) is 14.8 Å². The predicted molar refractivity (Wildman–Crippen MR) is 179 cm³/mol. The maximum Gasteiger partial charge on any atom is 0.416 e. The molecule has 55 heavy (non-hydrogen) atoms. The van der Waals surface area contributed by atoms with E-state index in [0.717, 1.165) is 23.2 Å². The Kier molecular flexibility index (Phi) is 12.0. The first-order valence-corrected chi connectivity index (χ1v) is 17.6. The van der Waals surface area contributed by atoms with Gasteiger partial charge in [-0.05, 0) is 105 Å². The van der Waals surface area contributed by atoms with Crippen molar-refractivity contribution < 1.29 is 63.7 Å². The van der Waals surface area contributed by atoms with Crippen LogP contribution in [0.25, 0.3) is 0 Å². The average molecular weight is 791 g/mol. The van der Waals surface area contributed by atoms with Gasteiger partial charge in [0.1, 0.15) is 11.5 Å². The van der Waals surface area contributed by atoms with Gasteiger partial charge in [-0.1, -0.05) is 6.92 Å². The second-order valence-corrected chi connectivity index (χ2v) is 13.9. The Hall–Kier alpha value is -4.61. The number of nitrogens with zero attached hydrogens (tertiary/aromatic N) is 3. The molecule has 0 saturated heterocycles. The minimum atomic E-state index is -5.14. The van der Waals surface area contributed by atoms with Crippen molar-refractivity contribution in [2.75, 3.05) is 18.1 Å². The van der Waals surface area contributed by atoms with E-state index in [1.807, 2.05) is 0 Å². The summed E-state index contributed by atoms with van der Waals surface area (Å²) >= 11 is 0. The molecule has 18 heteroatoms. The van der Waals surface area contributed by atoms with Gasteiger partial charge in [0, 0.05) is 18.8 Å². The van der Waals surface area contributed by atoms with Crippen molar-refractivity contribution in [2.24, 2.45) is 17.6 Å². The monoisotopic (exact) mass is 790 g/mol. The number of carbonyl (C=O) groups excluding carboxylic acids is 1. The number of hydrogen-bond acceptors (Lipinski definition) is 7. The fourth-order valence-corrected chi connectivity index (χ4v) is 7.25. The van der Waals surface area contributed by atoms with E-state index in [1.54, 1.807) is 13.8 Å². The van der Waals surface area contributed by atoms with Crippen LogP contribution in [-0.4, -0.2) is 46.0 Å². The zero-order chi connectivity index (χ0) is 40.5. The molecule has 1 fully saturated rings. The standard InChI is InChI=1S/C37H39F9N4O5/c1-3-34(47)17-27(26-16-23(35(38,39)40)9-10-29(26)50(34)33(52)53)32-48-18-30(55-19-21-7-5-20(6-8-21)14-31(51)54-4-2)28(49-32)13-22-11-24(36(41,42)43)15-25(12-22)37(44,45)46/h9-12,15-16,18,20-21,27H,3-8,13-14,17,19,47H2,1-2H3,(H,52,53)/t20?,21?,27-,34+/m0/s1. The van der Waals surface area contributed by atoms with E-state index in [9.17, 15) is 54.2 Å². The van der Waals surface area contributed by atoms with Gasteiger partial charge in [-0.3, -0.25) is 9.69 Å². The van der Waals surface area contributed by atoms with Crippen LogP contribution in [0.2, 0.25) is 0 Å². The molecule has 0 radical (unpaired) electrons. The summed E-state index contributed by atoms with van der Waals surface area (Å²) in [6.07, 6.45) is -13.5. The summed E-state index contributed by atoms with van der Waals surface area (Å²) in [4.78, 5) is 34.0. The Labute approximate surface area is 310 Å². The maximum absolute atomic E-state index is 13.9. The fourth-order valence-electron chi connectivity index (χ4n) is 7.25. The number of anilines is 1. The lowest BCUT2D eigenvalue weighted by Crippen LogP contribution is -2.61. The van der Waals surface area contributed by atoms with E-state index in [4.69, 9.17) is 15.2 Å². The third-order valence-corrected chi connectivity index (χ3v) is 10.2. The number of halogens is 9. The molecular weight excluding hydrogens is 751 g/mol. The van der Waals surface area contributed by atoms with E-state index in [1.165, 1.54) is 0 Å². The number of benzene rings is 2. The molecule has 0 spiro atoms. The number of fused-ring (bicyclic) bond motifs is 1. The van der Waals surface area contributed by atoms with Gasteiger partial charge in [0.2, 0.25) is 0 Å². The highest BCUT2D eigenvalue weighted by atomic mass is 19.4. The molecule has 300 valence electrons. The van der Waals surface area contributed by atoms with Crippen molar-refractivity contribution in [3.05, 3.63) is 81.9 Å². The van der Waals surface area contributed by atoms with Gasteiger partial charge in [-0.15, -0.1) is 0 Å². The van der Waals surface area contributed by atoms with Crippen LogP contribution in [0, 0.1) is 11.8 Å². The van der Waals surface area contributed by atoms with Crippen molar-refractivity contribution in [1.82, 2.24) is 9.97 Å². The number of aromatic nitrogens is 2. The van der Waals surface area contributed by atoms with E-state index < -0.39 is 64.9 Å². The Morgan fingerprint density at radius 3 is 2.04 bits per heavy atom. The third-order valence-electron chi connectivity index (χ3n) is 10.2. The van der Waals surface area contributed by atoms with Gasteiger partial charge in [0.25, 0.3) is 0 Å². The second-order valence-electron chi connectivity index (χ2n) is 13.9. The highest BCUT2D eigenvalue weighted by molar-refractivity contribution is 5.90. The number of nitrogens with two attached hydrogens (primary N) is 1. The summed E-state index contributed by atoms with van der Waals surface area (Å²) in [5.41, 5.74) is -0.229. The lowest BCUT2D eigenvalue weighted by Gasteiger charge is -2.46. The number of carbonyl (C=O) groups is 2. The van der Waals surface area contributed by atoms with E-state index in [0.29, 0.717) is 43.9 Å². The average Bonchev–Trinajstić information content (AvgIpc) is 3.09. The molecule has 2 aliphatic rings. The lowest BCUT2D eigenvalue weighted by molar-refractivity contribution is -0.145. The lowest BCUT2D eigenvalue weighted by atomic mass is 9.80. The van der Waals surface area contributed by atoms with Crippen LogP contribution in [0.3, 0.4) is 0 Å². The summed E-state index contributed by atoms with van der Waals surface area (Å²) in [5.74, 6) is -1.70. The van der Waals surface area contributed by atoms with Gasteiger partial charge in [0.05, 0.1) is 47.5 Å². The van der Waals surface area contributed by atoms with Gasteiger partial charge >= 0.3 is 30.6 Å². The second kappa shape index (κ2) is 15.9. The van der Waals surface area contributed by atoms with E-state index in [2.05, 4.69) is 9.97 Å². The molecule has 1 aromatic heterocycles. The Morgan fingerprint density at radius 2 is 1.49 bits per heavy atom. The van der Waals surface area contributed by atoms with E-state index in [-0.39, 0.29) is 84.9 Å². The third kappa shape index (κ3) is 9.62. The summed E-state index contributed by atoms with van der Waals surface area (Å²) < 4.78 is 136. The van der Waals surface area contributed by atoms with Gasteiger partial charge in [-0.2, -0.15) is 39.5 Å². The zero-order valence-electron chi connectivity index (χ0n) is 29.7. The van der Waals surface area contributed by atoms with Crippen LogP contribution in [0.1, 0.15) is 104 Å². The number of alkyl halides is 9. The minimum absolute atomic E-state index is 0.00317. The predicted octanol–water partition coefficient (Wildman–Crippen LogP) is 9.35. The molecule has 2 aromatic carbocycles. The van der Waals surface area contributed by atoms with Crippen LogP contribution >= 0.6 is 0 Å². The molecule has 1 aliphatic carbocycles. The zero-order valence-corrected chi connectivity index (χ0v) is 29.7. The van der Waals surface area contributed by atoms with Crippen molar-refractivity contribution in [3.63, 3.8) is 0 Å². The van der Waals surface area contributed by atoms with Crippen LogP contribution in [-0.2, 0) is 34.5 Å². The minimum Gasteiger partial charge on any atom is -0.490 e. The molecule has 1 aliphatic heterocycles. The first-order chi connectivity index (χ1) is 25.6. The quantitative estimate of drug-likeness (QED) is 0.154. The first kappa shape index (κ1) is 41.6. The van der Waals surface area contributed by atoms with E-state index >= 15 is 0 Å². The molecule has 3 N–H and O–H groups in total. The SMILES string of the molecule is CCOC(=O)CC1CCC(COc2cnc([C@H]3C[C@@](N)(CC)N(C(=O)O)c4ccc(C(F)(F)F)cc43)nc2Cc2cc(C(F)(F)F)cc(C(F)(F)F)c2)CC1. The molecule has 5 rings (SSSR count). The number of rotatable bonds is 10. The number of ether oxygens (including phenoxy) is 2. The smallest absolute Gasteiger partial charge is 0.416 e. The van der Waals surface area contributed by atoms with Crippen molar-refractivity contribution in [1.29, 1.82) is 0 Å². The molecule has 9 nitrogen and oxygen atoms in total. The van der Waals surface area contributed by atoms with Crippen LogP contribution < -0.4 is 15.4 Å². The Balaban J connectivity index is 1.56. The molecule has 0 unspecified atom stereocenters. The Morgan fingerprint density at radius 1 is 0.891 bits per heavy atom. The largest absolute Gasteiger partial charge is 0.490 e. The van der Waals surface area contributed by atoms with Crippen LogP contribution in [0.4, 0.5) is 50.0 Å². The number of esters is 1. The van der Waals surface area contributed by atoms with Crippen molar-refractivity contribution >= 4 is 17.7 Å². The maximum atomic E-state index is 13.9. The molecule has 3 aromatic rings. The highest BCUT2D eigenvalue weighted by Gasteiger charge is 2.47. The Bertz CT molecular complexity index is 1840. The summed E-state index contributed by atoms with van der Waals surface area (Å²) in [7, 11) is 0. The number of amides is 1.